The zero-order valence-electron chi connectivity index (χ0n) is 11.1. The monoisotopic (exact) mass is 285 g/mol. The van der Waals surface area contributed by atoms with Crippen molar-refractivity contribution < 1.29 is 4.74 Å². The van der Waals surface area contributed by atoms with Gasteiger partial charge in [-0.25, -0.2) is 0 Å². The number of hydrogen-bond donors (Lipinski definition) is 2. The largest absolute Gasteiger partial charge is 0.487 e. The Kier molecular flexibility index (Phi) is 2.67. The summed E-state index contributed by atoms with van der Waals surface area (Å²) in [6.07, 6.45) is 0. The molecule has 1 atom stereocenters. The Morgan fingerprint density at radius 1 is 1.35 bits per heavy atom. The minimum Gasteiger partial charge on any atom is -0.487 e. The maximum absolute atomic E-state index is 5.24. The van der Waals surface area contributed by atoms with Crippen LogP contribution in [0.25, 0.3) is 0 Å². The molecule has 0 radical (unpaired) electrons. The summed E-state index contributed by atoms with van der Waals surface area (Å²) < 4.78 is 5.24. The van der Waals surface area contributed by atoms with E-state index in [0.29, 0.717) is 5.92 Å². The van der Waals surface area contributed by atoms with Gasteiger partial charge in [-0.2, -0.15) is 0 Å². The number of guanidine groups is 1. The van der Waals surface area contributed by atoms with Crippen LogP contribution < -0.4 is 15.4 Å². The van der Waals surface area contributed by atoms with Gasteiger partial charge in [-0.15, -0.1) is 11.3 Å². The van der Waals surface area contributed by atoms with Crippen molar-refractivity contribution in [2.45, 2.75) is 5.92 Å². The van der Waals surface area contributed by atoms with Crippen LogP contribution in [0.2, 0.25) is 0 Å². The number of ether oxygens (including phenoxy) is 1. The molecule has 4 rings (SSSR count). The summed E-state index contributed by atoms with van der Waals surface area (Å²) in [5.74, 6) is 1.36. The van der Waals surface area contributed by atoms with Crippen molar-refractivity contribution in [3.63, 3.8) is 0 Å². The molecule has 2 aliphatic rings. The lowest BCUT2D eigenvalue weighted by atomic mass is 10.1. The number of methoxy groups -OCH3 is 1. The maximum Gasteiger partial charge on any atom is 0.195 e. The molecule has 0 bridgehead atoms. The van der Waals surface area contributed by atoms with Gasteiger partial charge in [0.2, 0.25) is 0 Å². The van der Waals surface area contributed by atoms with Gasteiger partial charge in [0.1, 0.15) is 0 Å². The van der Waals surface area contributed by atoms with E-state index in [9.17, 15) is 0 Å². The van der Waals surface area contributed by atoms with Crippen molar-refractivity contribution in [1.29, 1.82) is 0 Å². The standard InChI is InChI=1S/C15H15N3OS/c1-19-12-8-11-13(14(11)20-12)9-2-4-10(5-3-9)18-15-16-6-7-17-15/h2-5,8,13H,6-7H2,1H3,(H2,16,17,18). The Morgan fingerprint density at radius 3 is 2.80 bits per heavy atom. The van der Waals surface area contributed by atoms with Crippen LogP contribution in [0.4, 0.5) is 5.69 Å². The van der Waals surface area contributed by atoms with E-state index in [1.807, 2.05) is 0 Å². The van der Waals surface area contributed by atoms with E-state index in [-0.39, 0.29) is 0 Å². The Morgan fingerprint density at radius 2 is 2.20 bits per heavy atom. The number of nitrogens with one attached hydrogen (secondary N) is 2. The van der Waals surface area contributed by atoms with Gasteiger partial charge in [0, 0.05) is 23.0 Å². The van der Waals surface area contributed by atoms with Crippen LogP contribution >= 0.6 is 11.3 Å². The molecule has 0 spiro atoms. The smallest absolute Gasteiger partial charge is 0.195 e. The number of hydrogen-bond acceptors (Lipinski definition) is 5. The fraction of sp³-hybridized carbons (Fsp3) is 0.267. The van der Waals surface area contributed by atoms with Gasteiger partial charge < -0.3 is 15.4 Å². The van der Waals surface area contributed by atoms with Crippen LogP contribution in [0.1, 0.15) is 21.9 Å². The number of rotatable bonds is 3. The molecular formula is C15H15N3OS. The summed E-state index contributed by atoms with van der Waals surface area (Å²) in [6.45, 7) is 1.77. The van der Waals surface area contributed by atoms with Crippen molar-refractivity contribution in [3.05, 3.63) is 46.3 Å². The van der Waals surface area contributed by atoms with Crippen LogP contribution in [0.5, 0.6) is 5.06 Å². The van der Waals surface area contributed by atoms with Crippen LogP contribution in [0.3, 0.4) is 0 Å². The lowest BCUT2D eigenvalue weighted by molar-refractivity contribution is 0.427. The molecule has 1 aromatic heterocycles. The van der Waals surface area contributed by atoms with Crippen LogP contribution in [0, 0.1) is 0 Å². The predicted molar refractivity (Wildman–Crippen MR) is 82.2 cm³/mol. The second-order valence-electron chi connectivity index (χ2n) is 4.93. The van der Waals surface area contributed by atoms with Crippen molar-refractivity contribution in [1.82, 2.24) is 5.32 Å². The molecule has 20 heavy (non-hydrogen) atoms. The normalized spacial score (nSPS) is 19.1. The van der Waals surface area contributed by atoms with Crippen molar-refractivity contribution in [3.8, 4) is 5.06 Å². The maximum atomic E-state index is 5.24. The van der Waals surface area contributed by atoms with E-state index >= 15 is 0 Å². The lowest BCUT2D eigenvalue weighted by Crippen LogP contribution is -2.26. The van der Waals surface area contributed by atoms with Crippen LogP contribution in [-0.2, 0) is 0 Å². The Hall–Kier alpha value is -2.01. The second-order valence-corrected chi connectivity index (χ2v) is 5.97. The highest BCUT2D eigenvalue weighted by atomic mass is 32.1. The average molecular weight is 285 g/mol. The highest BCUT2D eigenvalue weighted by molar-refractivity contribution is 7.15. The van der Waals surface area contributed by atoms with Gasteiger partial charge in [0.15, 0.2) is 11.0 Å². The Labute approximate surface area is 121 Å². The summed E-state index contributed by atoms with van der Waals surface area (Å²) in [5, 5.41) is 7.50. The van der Waals surface area contributed by atoms with E-state index in [1.165, 1.54) is 16.0 Å². The number of fused-ring (bicyclic) bond motifs is 1. The Balaban J connectivity index is 1.47. The fourth-order valence-corrected chi connectivity index (χ4v) is 3.67. The number of benzene rings is 1. The summed E-state index contributed by atoms with van der Waals surface area (Å²) in [7, 11) is 1.72. The van der Waals surface area contributed by atoms with Gasteiger partial charge in [-0.1, -0.05) is 12.1 Å². The average Bonchev–Trinajstić information content (AvgIpc) is 2.89. The molecule has 4 nitrogen and oxygen atoms in total. The molecule has 1 aliphatic carbocycles. The molecule has 0 amide bonds. The third-order valence-corrected chi connectivity index (χ3v) is 4.82. The number of anilines is 1. The van der Waals surface area contributed by atoms with Crippen molar-refractivity contribution >= 4 is 23.0 Å². The minimum absolute atomic E-state index is 0.495. The van der Waals surface area contributed by atoms with Crippen molar-refractivity contribution in [2.24, 2.45) is 4.99 Å². The molecule has 1 aromatic carbocycles. The second kappa shape index (κ2) is 4.52. The molecule has 2 heterocycles. The van der Waals surface area contributed by atoms with Crippen LogP contribution in [-0.4, -0.2) is 26.2 Å². The molecule has 102 valence electrons. The highest BCUT2D eigenvalue weighted by Crippen LogP contribution is 2.55. The lowest BCUT2D eigenvalue weighted by Gasteiger charge is -2.07. The predicted octanol–water partition coefficient (Wildman–Crippen LogP) is 2.62. The first-order valence-electron chi connectivity index (χ1n) is 6.68. The quantitative estimate of drug-likeness (QED) is 0.777. The molecule has 0 saturated carbocycles. The zero-order valence-corrected chi connectivity index (χ0v) is 12.0. The SMILES string of the molecule is COc1cc2c(s1)C2c1ccc(NC2=NCCN2)cc1. The molecule has 2 N–H and O–H groups in total. The first kappa shape index (κ1) is 11.8. The minimum atomic E-state index is 0.495. The Bertz CT molecular complexity index is 653. The van der Waals surface area contributed by atoms with Gasteiger partial charge >= 0.3 is 0 Å². The molecule has 1 aliphatic heterocycles. The number of nitrogens with zero attached hydrogens (tertiary/aromatic N) is 1. The topological polar surface area (TPSA) is 45.6 Å². The molecule has 2 aromatic rings. The molecule has 0 saturated heterocycles. The third-order valence-electron chi connectivity index (χ3n) is 3.64. The van der Waals surface area contributed by atoms with Gasteiger partial charge in [-0.3, -0.25) is 4.99 Å². The van der Waals surface area contributed by atoms with Crippen molar-refractivity contribution in [2.75, 3.05) is 25.5 Å². The highest BCUT2D eigenvalue weighted by Gasteiger charge is 2.37. The zero-order chi connectivity index (χ0) is 13.5. The molecule has 1 unspecified atom stereocenters. The first-order chi connectivity index (χ1) is 9.85. The number of aliphatic imine (C=N–C) groups is 1. The van der Waals surface area contributed by atoms with E-state index in [4.69, 9.17) is 4.74 Å². The van der Waals surface area contributed by atoms with E-state index in [0.717, 1.165) is 29.8 Å². The molecular weight excluding hydrogens is 270 g/mol. The van der Waals surface area contributed by atoms with Crippen LogP contribution in [0.15, 0.2) is 35.3 Å². The molecule has 0 fully saturated rings. The fourth-order valence-electron chi connectivity index (χ4n) is 2.56. The van der Waals surface area contributed by atoms with E-state index < -0.39 is 0 Å². The van der Waals surface area contributed by atoms with Gasteiger partial charge in [-0.05, 0) is 29.3 Å². The summed E-state index contributed by atoms with van der Waals surface area (Å²) in [6, 6.07) is 10.7. The summed E-state index contributed by atoms with van der Waals surface area (Å²) >= 11 is 1.75. The third kappa shape index (κ3) is 1.94. The summed E-state index contributed by atoms with van der Waals surface area (Å²) in [5.41, 5.74) is 3.83. The van der Waals surface area contributed by atoms with E-state index in [2.05, 4.69) is 46.0 Å². The summed E-state index contributed by atoms with van der Waals surface area (Å²) in [4.78, 5) is 5.76. The number of thiophene rings is 1. The van der Waals surface area contributed by atoms with E-state index in [1.54, 1.807) is 18.4 Å². The first-order valence-corrected chi connectivity index (χ1v) is 7.50. The van der Waals surface area contributed by atoms with Gasteiger partial charge in [0.25, 0.3) is 0 Å². The molecule has 5 heteroatoms. The van der Waals surface area contributed by atoms with Gasteiger partial charge in [0.05, 0.1) is 13.7 Å².